The third-order valence-corrected chi connectivity index (χ3v) is 4.04. The first kappa shape index (κ1) is 13.7. The van der Waals surface area contributed by atoms with Crippen molar-refractivity contribution in [2.75, 3.05) is 19.3 Å². The molecule has 0 aliphatic heterocycles. The van der Waals surface area contributed by atoms with E-state index >= 15 is 0 Å². The molecule has 0 aromatic heterocycles. The van der Waals surface area contributed by atoms with Gasteiger partial charge in [-0.25, -0.2) is 12.7 Å². The van der Waals surface area contributed by atoms with Gasteiger partial charge in [0.05, 0.1) is 5.75 Å². The number of hydrogen-bond donors (Lipinski definition) is 1. The molecule has 0 unspecified atom stereocenters. The second kappa shape index (κ2) is 5.33. The van der Waals surface area contributed by atoms with E-state index in [-0.39, 0.29) is 5.75 Å². The van der Waals surface area contributed by atoms with Crippen LogP contribution in [-0.4, -0.2) is 26.3 Å². The third kappa shape index (κ3) is 4.20. The lowest BCUT2D eigenvalue weighted by Crippen LogP contribution is -2.29. The van der Waals surface area contributed by atoms with Gasteiger partial charge in [-0.1, -0.05) is 24.3 Å². The molecule has 1 aromatic rings. The maximum atomic E-state index is 12.0. The van der Waals surface area contributed by atoms with Crippen molar-refractivity contribution in [1.29, 1.82) is 0 Å². The van der Waals surface area contributed by atoms with Gasteiger partial charge in [0, 0.05) is 19.3 Å². The summed E-state index contributed by atoms with van der Waals surface area (Å²) in [7, 11) is -1.76. The van der Waals surface area contributed by atoms with Crippen LogP contribution in [0, 0.1) is 0 Å². The standard InChI is InChI=1S/C12H18N2O2S/c1-10(2)8-14(3)17(15,16)9-11-5-4-6-12(13)7-11/h4-7H,1,8-9,13H2,2-3H3. The van der Waals surface area contributed by atoms with Crippen LogP contribution in [0.2, 0.25) is 0 Å². The predicted molar refractivity (Wildman–Crippen MR) is 70.9 cm³/mol. The van der Waals surface area contributed by atoms with Gasteiger partial charge in [0.1, 0.15) is 0 Å². The number of anilines is 1. The summed E-state index contributed by atoms with van der Waals surface area (Å²) in [6.45, 7) is 5.84. The Morgan fingerprint density at radius 3 is 2.65 bits per heavy atom. The van der Waals surface area contributed by atoms with Crippen molar-refractivity contribution in [3.05, 3.63) is 42.0 Å². The van der Waals surface area contributed by atoms with Crippen molar-refractivity contribution < 1.29 is 8.42 Å². The number of nitrogens with zero attached hydrogens (tertiary/aromatic N) is 1. The molecule has 0 aliphatic rings. The summed E-state index contributed by atoms with van der Waals surface area (Å²) < 4.78 is 25.3. The summed E-state index contributed by atoms with van der Waals surface area (Å²) in [6, 6.07) is 6.90. The molecule has 0 spiro atoms. The Morgan fingerprint density at radius 2 is 2.12 bits per heavy atom. The normalized spacial score (nSPS) is 11.7. The second-order valence-corrected chi connectivity index (χ2v) is 6.29. The van der Waals surface area contributed by atoms with Crippen molar-refractivity contribution in [2.45, 2.75) is 12.7 Å². The number of sulfonamides is 1. The van der Waals surface area contributed by atoms with E-state index in [4.69, 9.17) is 5.73 Å². The highest BCUT2D eigenvalue weighted by Gasteiger charge is 2.18. The molecule has 17 heavy (non-hydrogen) atoms. The predicted octanol–water partition coefficient (Wildman–Crippen LogP) is 1.61. The first-order valence-corrected chi connectivity index (χ1v) is 6.85. The van der Waals surface area contributed by atoms with E-state index in [0.29, 0.717) is 17.8 Å². The minimum Gasteiger partial charge on any atom is -0.399 e. The molecule has 4 nitrogen and oxygen atoms in total. The maximum Gasteiger partial charge on any atom is 0.218 e. The van der Waals surface area contributed by atoms with E-state index in [1.807, 2.05) is 0 Å². The van der Waals surface area contributed by atoms with Crippen LogP contribution in [0.25, 0.3) is 0 Å². The minimum atomic E-state index is -3.31. The molecule has 0 bridgehead atoms. The summed E-state index contributed by atoms with van der Waals surface area (Å²) in [5.74, 6) is -0.0399. The molecule has 2 N–H and O–H groups in total. The molecule has 1 rings (SSSR count). The lowest BCUT2D eigenvalue weighted by atomic mass is 10.2. The average Bonchev–Trinajstić information content (AvgIpc) is 2.15. The maximum absolute atomic E-state index is 12.0. The summed E-state index contributed by atoms with van der Waals surface area (Å²) in [6.07, 6.45) is 0. The number of nitrogens with two attached hydrogens (primary N) is 1. The highest BCUT2D eigenvalue weighted by atomic mass is 32.2. The molecule has 0 saturated carbocycles. The zero-order valence-electron chi connectivity index (χ0n) is 10.2. The van der Waals surface area contributed by atoms with E-state index in [1.54, 1.807) is 38.2 Å². The van der Waals surface area contributed by atoms with Crippen LogP contribution in [-0.2, 0) is 15.8 Å². The van der Waals surface area contributed by atoms with Crippen LogP contribution in [0.1, 0.15) is 12.5 Å². The minimum absolute atomic E-state index is 0.0399. The topological polar surface area (TPSA) is 63.4 Å². The van der Waals surface area contributed by atoms with Crippen LogP contribution in [0.4, 0.5) is 5.69 Å². The number of nitrogen functional groups attached to an aromatic ring is 1. The van der Waals surface area contributed by atoms with Crippen molar-refractivity contribution in [3.63, 3.8) is 0 Å². The zero-order chi connectivity index (χ0) is 13.1. The highest BCUT2D eigenvalue weighted by Crippen LogP contribution is 2.13. The van der Waals surface area contributed by atoms with Crippen molar-refractivity contribution >= 4 is 15.7 Å². The molecular weight excluding hydrogens is 236 g/mol. The Balaban J connectivity index is 2.83. The van der Waals surface area contributed by atoms with E-state index in [0.717, 1.165) is 5.57 Å². The molecule has 0 saturated heterocycles. The molecule has 0 fully saturated rings. The lowest BCUT2D eigenvalue weighted by molar-refractivity contribution is 0.492. The van der Waals surface area contributed by atoms with Crippen LogP contribution in [0.5, 0.6) is 0 Å². The lowest BCUT2D eigenvalue weighted by Gasteiger charge is -2.17. The molecule has 5 heteroatoms. The number of rotatable bonds is 5. The molecule has 1 aromatic carbocycles. The van der Waals surface area contributed by atoms with Gasteiger partial charge >= 0.3 is 0 Å². The Kier molecular flexibility index (Phi) is 4.31. The largest absolute Gasteiger partial charge is 0.399 e. The molecule has 0 amide bonds. The highest BCUT2D eigenvalue weighted by molar-refractivity contribution is 7.88. The van der Waals surface area contributed by atoms with Gasteiger partial charge in [0.25, 0.3) is 0 Å². The van der Waals surface area contributed by atoms with Gasteiger partial charge in [-0.05, 0) is 24.6 Å². The molecule has 0 aliphatic carbocycles. The van der Waals surface area contributed by atoms with Crippen molar-refractivity contribution in [2.24, 2.45) is 0 Å². The zero-order valence-corrected chi connectivity index (χ0v) is 11.0. The SMILES string of the molecule is C=C(C)CN(C)S(=O)(=O)Cc1cccc(N)c1. The Bertz CT molecular complexity index is 509. The van der Waals surface area contributed by atoms with Crippen molar-refractivity contribution in [3.8, 4) is 0 Å². The summed E-state index contributed by atoms with van der Waals surface area (Å²) in [5.41, 5.74) is 7.68. The smallest absolute Gasteiger partial charge is 0.218 e. The molecular formula is C12H18N2O2S. The van der Waals surface area contributed by atoms with Gasteiger partial charge in [-0.2, -0.15) is 0 Å². The van der Waals surface area contributed by atoms with Gasteiger partial charge < -0.3 is 5.73 Å². The van der Waals surface area contributed by atoms with Crippen LogP contribution < -0.4 is 5.73 Å². The van der Waals surface area contributed by atoms with Crippen molar-refractivity contribution in [1.82, 2.24) is 4.31 Å². The third-order valence-electron chi connectivity index (χ3n) is 2.27. The summed E-state index contributed by atoms with van der Waals surface area (Å²) in [4.78, 5) is 0. The first-order chi connectivity index (χ1) is 7.81. The second-order valence-electron chi connectivity index (χ2n) is 4.21. The summed E-state index contributed by atoms with van der Waals surface area (Å²) in [5, 5.41) is 0. The quantitative estimate of drug-likeness (QED) is 0.641. The van der Waals surface area contributed by atoms with E-state index in [1.165, 1.54) is 4.31 Å². The average molecular weight is 254 g/mol. The molecule has 0 radical (unpaired) electrons. The summed E-state index contributed by atoms with van der Waals surface area (Å²) >= 11 is 0. The molecule has 0 atom stereocenters. The van der Waals surface area contributed by atoms with Gasteiger partial charge in [0.15, 0.2) is 0 Å². The van der Waals surface area contributed by atoms with Gasteiger partial charge in [-0.3, -0.25) is 0 Å². The monoisotopic (exact) mass is 254 g/mol. The fourth-order valence-corrected chi connectivity index (χ4v) is 2.72. The molecule has 94 valence electrons. The Morgan fingerprint density at radius 1 is 1.47 bits per heavy atom. The fraction of sp³-hybridized carbons (Fsp3) is 0.333. The number of likely N-dealkylation sites (N-methyl/N-ethyl adjacent to an activating group) is 1. The Hall–Kier alpha value is -1.33. The van der Waals surface area contributed by atoms with Crippen LogP contribution in [0.15, 0.2) is 36.4 Å². The van der Waals surface area contributed by atoms with Crippen LogP contribution in [0.3, 0.4) is 0 Å². The van der Waals surface area contributed by atoms with E-state index in [2.05, 4.69) is 6.58 Å². The fourth-order valence-electron chi connectivity index (χ4n) is 1.48. The Labute approximate surface area is 103 Å². The van der Waals surface area contributed by atoms with E-state index < -0.39 is 10.0 Å². The van der Waals surface area contributed by atoms with Crippen LogP contribution >= 0.6 is 0 Å². The number of benzene rings is 1. The number of hydrogen-bond acceptors (Lipinski definition) is 3. The van der Waals surface area contributed by atoms with Gasteiger partial charge in [-0.15, -0.1) is 0 Å². The first-order valence-electron chi connectivity index (χ1n) is 5.24. The molecule has 0 heterocycles. The van der Waals surface area contributed by atoms with Gasteiger partial charge in [0.2, 0.25) is 10.0 Å². The van der Waals surface area contributed by atoms with E-state index in [9.17, 15) is 8.42 Å².